The zero-order valence-electron chi connectivity index (χ0n) is 14.7. The molecule has 0 unspecified atom stereocenters. The molecule has 0 bridgehead atoms. The SMILES string of the molecule is COc1ccc2cnn(C)c2c1NSc1ccc(-n2nccc2C)nc1. The van der Waals surface area contributed by atoms with E-state index in [4.69, 9.17) is 4.74 Å². The summed E-state index contributed by atoms with van der Waals surface area (Å²) in [4.78, 5) is 5.48. The van der Waals surface area contributed by atoms with Gasteiger partial charge < -0.3 is 9.46 Å². The molecule has 0 radical (unpaired) electrons. The average molecular weight is 366 g/mol. The first-order valence-corrected chi connectivity index (χ1v) is 8.87. The van der Waals surface area contributed by atoms with Gasteiger partial charge in [-0.05, 0) is 49.2 Å². The predicted molar refractivity (Wildman–Crippen MR) is 103 cm³/mol. The number of nitrogens with one attached hydrogen (secondary N) is 1. The summed E-state index contributed by atoms with van der Waals surface area (Å²) in [7, 11) is 3.58. The minimum Gasteiger partial charge on any atom is -0.494 e. The predicted octanol–water partition coefficient (Wildman–Crippen LogP) is 3.59. The van der Waals surface area contributed by atoms with Gasteiger partial charge in [-0.3, -0.25) is 4.68 Å². The van der Waals surface area contributed by atoms with Crippen LogP contribution in [0.1, 0.15) is 5.69 Å². The number of benzene rings is 1. The largest absolute Gasteiger partial charge is 0.494 e. The molecule has 1 N–H and O–H groups in total. The van der Waals surface area contributed by atoms with Gasteiger partial charge in [0.15, 0.2) is 5.82 Å². The van der Waals surface area contributed by atoms with Gasteiger partial charge in [0.05, 0.1) is 18.8 Å². The normalized spacial score (nSPS) is 11.0. The number of fused-ring (bicyclic) bond motifs is 1. The molecule has 0 aliphatic rings. The third kappa shape index (κ3) is 2.88. The molecule has 4 rings (SSSR count). The molecule has 3 heterocycles. The first kappa shape index (κ1) is 16.5. The maximum absolute atomic E-state index is 5.50. The van der Waals surface area contributed by atoms with Crippen molar-refractivity contribution in [3.8, 4) is 11.6 Å². The quantitative estimate of drug-likeness (QED) is 0.544. The molecular weight excluding hydrogens is 348 g/mol. The number of aryl methyl sites for hydroxylation is 2. The van der Waals surface area contributed by atoms with Gasteiger partial charge in [-0.25, -0.2) is 9.67 Å². The highest BCUT2D eigenvalue weighted by molar-refractivity contribution is 8.00. The fraction of sp³-hybridized carbons (Fsp3) is 0.167. The van der Waals surface area contributed by atoms with Crippen LogP contribution < -0.4 is 9.46 Å². The molecule has 0 amide bonds. The summed E-state index contributed by atoms with van der Waals surface area (Å²) in [5.74, 6) is 1.56. The zero-order chi connectivity index (χ0) is 18.1. The van der Waals surface area contributed by atoms with E-state index in [9.17, 15) is 0 Å². The van der Waals surface area contributed by atoms with Crippen molar-refractivity contribution in [2.45, 2.75) is 11.8 Å². The van der Waals surface area contributed by atoms with Crippen LogP contribution in [0.5, 0.6) is 5.75 Å². The Bertz CT molecular complexity index is 1050. The molecular formula is C18H18N6OS. The van der Waals surface area contributed by atoms with E-state index in [-0.39, 0.29) is 0 Å². The highest BCUT2D eigenvalue weighted by Crippen LogP contribution is 2.36. The van der Waals surface area contributed by atoms with E-state index < -0.39 is 0 Å². The van der Waals surface area contributed by atoms with Crippen LogP contribution in [0.3, 0.4) is 0 Å². The third-order valence-electron chi connectivity index (χ3n) is 4.13. The molecule has 0 fully saturated rings. The summed E-state index contributed by atoms with van der Waals surface area (Å²) in [6.07, 6.45) is 5.43. The molecule has 7 nitrogen and oxygen atoms in total. The minimum atomic E-state index is 0.769. The second kappa shape index (κ2) is 6.72. The molecule has 0 saturated heterocycles. The topological polar surface area (TPSA) is 69.8 Å². The van der Waals surface area contributed by atoms with Gasteiger partial charge in [-0.1, -0.05) is 0 Å². The second-order valence-electron chi connectivity index (χ2n) is 5.79. The Balaban J connectivity index is 1.59. The van der Waals surface area contributed by atoms with E-state index in [0.717, 1.165) is 38.7 Å². The number of hydrogen-bond acceptors (Lipinski definition) is 6. The molecule has 0 atom stereocenters. The van der Waals surface area contributed by atoms with E-state index in [0.29, 0.717) is 0 Å². The number of anilines is 1. The van der Waals surface area contributed by atoms with E-state index in [1.165, 1.54) is 11.9 Å². The van der Waals surface area contributed by atoms with Crippen molar-refractivity contribution in [2.24, 2.45) is 7.05 Å². The van der Waals surface area contributed by atoms with Crippen LogP contribution in [0.15, 0.2) is 53.8 Å². The maximum atomic E-state index is 5.50. The first-order chi connectivity index (χ1) is 12.7. The molecule has 8 heteroatoms. The highest BCUT2D eigenvalue weighted by Gasteiger charge is 2.12. The van der Waals surface area contributed by atoms with Crippen LogP contribution >= 0.6 is 11.9 Å². The number of methoxy groups -OCH3 is 1. The molecule has 1 aromatic carbocycles. The van der Waals surface area contributed by atoms with Crippen molar-refractivity contribution >= 4 is 28.5 Å². The van der Waals surface area contributed by atoms with Gasteiger partial charge in [0.2, 0.25) is 0 Å². The maximum Gasteiger partial charge on any atom is 0.153 e. The molecule has 26 heavy (non-hydrogen) atoms. The van der Waals surface area contributed by atoms with Crippen molar-refractivity contribution in [3.63, 3.8) is 0 Å². The average Bonchev–Trinajstić information content (AvgIpc) is 3.26. The van der Waals surface area contributed by atoms with Gasteiger partial charge in [-0.15, -0.1) is 0 Å². The monoisotopic (exact) mass is 366 g/mol. The van der Waals surface area contributed by atoms with Crippen molar-refractivity contribution in [1.82, 2.24) is 24.5 Å². The fourth-order valence-corrected chi connectivity index (χ4v) is 3.45. The van der Waals surface area contributed by atoms with E-state index in [1.807, 2.05) is 61.4 Å². The highest BCUT2D eigenvalue weighted by atomic mass is 32.2. The standard InChI is InChI=1S/C18H18N6OS/c1-12-8-9-20-24(12)16-7-5-14(11-19-16)26-22-17-15(25-3)6-4-13-10-21-23(2)18(13)17/h4-11,22H,1-3H3. The second-order valence-corrected chi connectivity index (χ2v) is 6.67. The summed E-state index contributed by atoms with van der Waals surface area (Å²) in [6, 6.07) is 9.85. The van der Waals surface area contributed by atoms with E-state index in [2.05, 4.69) is 19.9 Å². The van der Waals surface area contributed by atoms with Crippen LogP contribution in [0.4, 0.5) is 5.69 Å². The van der Waals surface area contributed by atoms with Crippen molar-refractivity contribution in [2.75, 3.05) is 11.8 Å². The van der Waals surface area contributed by atoms with E-state index in [1.54, 1.807) is 18.0 Å². The smallest absolute Gasteiger partial charge is 0.153 e. The van der Waals surface area contributed by atoms with Gasteiger partial charge >= 0.3 is 0 Å². The van der Waals surface area contributed by atoms with Crippen LogP contribution in [0.2, 0.25) is 0 Å². The molecule has 0 saturated carbocycles. The lowest BCUT2D eigenvalue weighted by molar-refractivity contribution is 0.417. The molecule has 0 spiro atoms. The van der Waals surface area contributed by atoms with Gasteiger partial charge in [-0.2, -0.15) is 10.2 Å². The molecule has 132 valence electrons. The van der Waals surface area contributed by atoms with Gasteiger partial charge in [0.25, 0.3) is 0 Å². The van der Waals surface area contributed by atoms with Crippen LogP contribution in [-0.4, -0.2) is 31.7 Å². The van der Waals surface area contributed by atoms with Gasteiger partial charge in [0.1, 0.15) is 11.4 Å². The number of pyridine rings is 1. The Hall–Kier alpha value is -3.00. The molecule has 4 aromatic rings. The number of ether oxygens (including phenoxy) is 1. The molecule has 0 aliphatic heterocycles. The Morgan fingerprint density at radius 2 is 1.96 bits per heavy atom. The van der Waals surface area contributed by atoms with Crippen LogP contribution in [0.25, 0.3) is 16.7 Å². The summed E-state index contributed by atoms with van der Waals surface area (Å²) in [5.41, 5.74) is 2.93. The Morgan fingerprint density at radius 1 is 1.08 bits per heavy atom. The van der Waals surface area contributed by atoms with Crippen LogP contribution in [-0.2, 0) is 7.05 Å². The lowest BCUT2D eigenvalue weighted by Gasteiger charge is -2.12. The third-order valence-corrected chi connectivity index (χ3v) is 4.91. The first-order valence-electron chi connectivity index (χ1n) is 8.06. The Morgan fingerprint density at radius 3 is 2.65 bits per heavy atom. The number of hydrogen-bond donors (Lipinski definition) is 1. The van der Waals surface area contributed by atoms with Crippen molar-refractivity contribution < 1.29 is 4.74 Å². The van der Waals surface area contributed by atoms with E-state index >= 15 is 0 Å². The summed E-state index contributed by atoms with van der Waals surface area (Å²) >= 11 is 1.48. The Kier molecular flexibility index (Phi) is 4.26. The fourth-order valence-electron chi connectivity index (χ4n) is 2.79. The number of nitrogens with zero attached hydrogens (tertiary/aromatic N) is 5. The van der Waals surface area contributed by atoms with Crippen molar-refractivity contribution in [1.29, 1.82) is 0 Å². The lowest BCUT2D eigenvalue weighted by atomic mass is 10.2. The van der Waals surface area contributed by atoms with Gasteiger partial charge in [0, 0.05) is 35.4 Å². The van der Waals surface area contributed by atoms with Crippen LogP contribution in [0, 0.1) is 6.92 Å². The summed E-state index contributed by atoms with van der Waals surface area (Å²) in [5, 5.41) is 9.65. The number of aromatic nitrogens is 5. The minimum absolute atomic E-state index is 0.769. The zero-order valence-corrected chi connectivity index (χ0v) is 15.5. The summed E-state index contributed by atoms with van der Waals surface area (Å²) < 4.78 is 12.5. The Labute approximate surface area is 155 Å². The van der Waals surface area contributed by atoms with Crippen molar-refractivity contribution in [3.05, 3.63) is 54.6 Å². The summed E-state index contributed by atoms with van der Waals surface area (Å²) in [6.45, 7) is 2.00. The molecule has 3 aromatic heterocycles. The lowest BCUT2D eigenvalue weighted by Crippen LogP contribution is -2.01. The number of rotatable bonds is 5. The molecule has 0 aliphatic carbocycles.